The number of hydrogen-bond donors (Lipinski definition) is 0. The largest absolute Gasteiger partial charge is 0.489 e. The predicted octanol–water partition coefficient (Wildman–Crippen LogP) is 1.27. The highest BCUT2D eigenvalue weighted by Gasteiger charge is 2.34. The second kappa shape index (κ2) is 5.24. The molecule has 0 amide bonds. The molecule has 0 bridgehead atoms. The molecule has 2 rings (SSSR count). The number of ether oxygens (including phenoxy) is 1. The zero-order valence-electron chi connectivity index (χ0n) is 10.6. The molecule has 0 radical (unpaired) electrons. The van der Waals surface area contributed by atoms with E-state index in [9.17, 15) is 8.42 Å². The average molecular weight is 270 g/mol. The highest BCUT2D eigenvalue weighted by atomic mass is 32.2. The lowest BCUT2D eigenvalue weighted by Crippen LogP contribution is -2.35. The normalized spacial score (nSPS) is 21.4. The van der Waals surface area contributed by atoms with Gasteiger partial charge in [-0.2, -0.15) is 4.31 Å². The molecule has 0 N–H and O–H groups in total. The van der Waals surface area contributed by atoms with Crippen LogP contribution in [0.15, 0.2) is 24.5 Å². The second-order valence-electron chi connectivity index (χ2n) is 4.66. The Labute approximate surface area is 108 Å². The maximum absolute atomic E-state index is 12.0. The quantitative estimate of drug-likeness (QED) is 0.826. The lowest BCUT2D eigenvalue weighted by molar-refractivity contribution is 0.215. The Morgan fingerprint density at radius 3 is 2.67 bits per heavy atom. The summed E-state index contributed by atoms with van der Waals surface area (Å²) in [5.74, 6) is 0.735. The number of hydrogen-bond acceptors (Lipinski definition) is 4. The van der Waals surface area contributed by atoms with Crippen LogP contribution in [-0.4, -0.2) is 42.2 Å². The van der Waals surface area contributed by atoms with Gasteiger partial charge in [-0.05, 0) is 32.4 Å². The van der Waals surface area contributed by atoms with Gasteiger partial charge in [-0.25, -0.2) is 8.42 Å². The van der Waals surface area contributed by atoms with Crippen LogP contribution in [0, 0.1) is 0 Å². The molecule has 1 fully saturated rings. The number of pyridine rings is 1. The predicted molar refractivity (Wildman–Crippen MR) is 68.9 cm³/mol. The van der Waals surface area contributed by atoms with Gasteiger partial charge in [0.25, 0.3) is 0 Å². The van der Waals surface area contributed by atoms with E-state index in [1.807, 2.05) is 0 Å². The molecule has 0 aromatic carbocycles. The first-order valence-corrected chi connectivity index (χ1v) is 7.56. The molecule has 6 heteroatoms. The molecule has 0 spiro atoms. The van der Waals surface area contributed by atoms with E-state index in [0.29, 0.717) is 13.1 Å². The van der Waals surface area contributed by atoms with Crippen molar-refractivity contribution in [3.05, 3.63) is 24.5 Å². The Kier molecular flexibility index (Phi) is 3.87. The first kappa shape index (κ1) is 13.3. The molecular weight excluding hydrogens is 252 g/mol. The summed E-state index contributed by atoms with van der Waals surface area (Å²) in [4.78, 5) is 3.91. The minimum absolute atomic E-state index is 0.0686. The summed E-state index contributed by atoms with van der Waals surface area (Å²) in [6.45, 7) is 4.37. The number of aromatic nitrogens is 1. The van der Waals surface area contributed by atoms with Crippen LogP contribution < -0.4 is 4.74 Å². The van der Waals surface area contributed by atoms with Gasteiger partial charge in [-0.1, -0.05) is 0 Å². The SMILES string of the molecule is CC(C)S(=O)(=O)N1CC[C@H](Oc2ccncc2)C1. The van der Waals surface area contributed by atoms with Gasteiger partial charge >= 0.3 is 0 Å². The smallest absolute Gasteiger partial charge is 0.216 e. The van der Waals surface area contributed by atoms with Crippen LogP contribution in [0.2, 0.25) is 0 Å². The maximum Gasteiger partial charge on any atom is 0.216 e. The molecule has 18 heavy (non-hydrogen) atoms. The van der Waals surface area contributed by atoms with E-state index in [1.165, 1.54) is 4.31 Å². The third kappa shape index (κ3) is 2.81. The second-order valence-corrected chi connectivity index (χ2v) is 7.15. The van der Waals surface area contributed by atoms with Crippen molar-refractivity contribution in [1.82, 2.24) is 9.29 Å². The van der Waals surface area contributed by atoms with Gasteiger partial charge in [0.1, 0.15) is 11.9 Å². The van der Waals surface area contributed by atoms with E-state index in [1.54, 1.807) is 38.4 Å². The molecule has 0 unspecified atom stereocenters. The van der Waals surface area contributed by atoms with Crippen LogP contribution in [0.25, 0.3) is 0 Å². The summed E-state index contributed by atoms with van der Waals surface area (Å²) in [7, 11) is -3.16. The number of sulfonamides is 1. The van der Waals surface area contributed by atoms with E-state index >= 15 is 0 Å². The summed E-state index contributed by atoms with van der Waals surface area (Å²) in [5.41, 5.74) is 0. The molecule has 0 saturated carbocycles. The van der Waals surface area contributed by atoms with Gasteiger partial charge in [0.2, 0.25) is 10.0 Å². The van der Waals surface area contributed by atoms with Gasteiger partial charge in [0, 0.05) is 18.9 Å². The molecule has 1 aromatic rings. The fourth-order valence-corrected chi connectivity index (χ4v) is 3.26. The van der Waals surface area contributed by atoms with Gasteiger partial charge in [-0.15, -0.1) is 0 Å². The summed E-state index contributed by atoms with van der Waals surface area (Å²) >= 11 is 0. The van der Waals surface area contributed by atoms with Gasteiger partial charge in [0.15, 0.2) is 0 Å². The van der Waals surface area contributed by atoms with Crippen molar-refractivity contribution in [3.63, 3.8) is 0 Å². The minimum Gasteiger partial charge on any atom is -0.489 e. The highest BCUT2D eigenvalue weighted by Crippen LogP contribution is 2.21. The minimum atomic E-state index is -3.16. The van der Waals surface area contributed by atoms with Crippen molar-refractivity contribution in [2.24, 2.45) is 0 Å². The van der Waals surface area contributed by atoms with Crippen molar-refractivity contribution < 1.29 is 13.2 Å². The monoisotopic (exact) mass is 270 g/mol. The first-order valence-electron chi connectivity index (χ1n) is 6.06. The van der Waals surface area contributed by atoms with Crippen molar-refractivity contribution in [3.8, 4) is 5.75 Å². The van der Waals surface area contributed by atoms with Gasteiger partial charge in [0.05, 0.1) is 11.8 Å². The van der Waals surface area contributed by atoms with E-state index in [-0.39, 0.29) is 11.4 Å². The topological polar surface area (TPSA) is 59.5 Å². The van der Waals surface area contributed by atoms with Crippen LogP contribution >= 0.6 is 0 Å². The average Bonchev–Trinajstić information content (AvgIpc) is 2.79. The van der Waals surface area contributed by atoms with Crippen molar-refractivity contribution in [2.75, 3.05) is 13.1 Å². The lowest BCUT2D eigenvalue weighted by atomic mass is 10.3. The van der Waals surface area contributed by atoms with Crippen molar-refractivity contribution >= 4 is 10.0 Å². The van der Waals surface area contributed by atoms with Crippen LogP contribution in [0.4, 0.5) is 0 Å². The fourth-order valence-electron chi connectivity index (χ4n) is 1.93. The first-order chi connectivity index (χ1) is 8.50. The third-order valence-corrected chi connectivity index (χ3v) is 5.26. The van der Waals surface area contributed by atoms with Gasteiger partial charge < -0.3 is 4.74 Å². The standard InChI is InChI=1S/C12H18N2O3S/c1-10(2)18(15,16)14-8-5-12(9-14)17-11-3-6-13-7-4-11/h3-4,6-7,10,12H,5,8-9H2,1-2H3/t12-/m0/s1. The Bertz CT molecular complexity index is 487. The molecular formula is C12H18N2O3S. The van der Waals surface area contributed by atoms with Crippen molar-refractivity contribution in [1.29, 1.82) is 0 Å². The van der Waals surface area contributed by atoms with Gasteiger partial charge in [-0.3, -0.25) is 4.98 Å². The van der Waals surface area contributed by atoms with Crippen LogP contribution in [0.1, 0.15) is 20.3 Å². The van der Waals surface area contributed by atoms with Crippen LogP contribution in [0.3, 0.4) is 0 Å². The highest BCUT2D eigenvalue weighted by molar-refractivity contribution is 7.89. The van der Waals surface area contributed by atoms with Crippen molar-refractivity contribution in [2.45, 2.75) is 31.6 Å². The molecule has 5 nitrogen and oxygen atoms in total. The fraction of sp³-hybridized carbons (Fsp3) is 0.583. The Morgan fingerprint density at radius 2 is 2.06 bits per heavy atom. The molecule has 1 atom stereocenters. The Morgan fingerprint density at radius 1 is 1.39 bits per heavy atom. The number of rotatable bonds is 4. The van der Waals surface area contributed by atoms with Crippen LogP contribution in [0.5, 0.6) is 5.75 Å². The van der Waals surface area contributed by atoms with E-state index in [2.05, 4.69) is 4.98 Å². The van der Waals surface area contributed by atoms with Crippen LogP contribution in [-0.2, 0) is 10.0 Å². The molecule has 2 heterocycles. The zero-order chi connectivity index (χ0) is 13.2. The third-order valence-electron chi connectivity index (χ3n) is 3.02. The van der Waals surface area contributed by atoms with E-state index in [4.69, 9.17) is 4.74 Å². The lowest BCUT2D eigenvalue weighted by Gasteiger charge is -2.19. The Balaban J connectivity index is 1.97. The summed E-state index contributed by atoms with van der Waals surface area (Å²) in [6, 6.07) is 3.55. The molecule has 0 aliphatic carbocycles. The maximum atomic E-state index is 12.0. The zero-order valence-corrected chi connectivity index (χ0v) is 11.4. The molecule has 1 aliphatic rings. The number of nitrogens with zero attached hydrogens (tertiary/aromatic N) is 2. The Hall–Kier alpha value is -1.14. The summed E-state index contributed by atoms with van der Waals surface area (Å²) in [6.07, 6.45) is 3.98. The summed E-state index contributed by atoms with van der Waals surface area (Å²) < 4.78 is 31.2. The molecule has 100 valence electrons. The molecule has 1 saturated heterocycles. The van der Waals surface area contributed by atoms with E-state index < -0.39 is 10.0 Å². The van der Waals surface area contributed by atoms with E-state index in [0.717, 1.165) is 12.2 Å². The molecule has 1 aromatic heterocycles. The molecule has 1 aliphatic heterocycles. The summed E-state index contributed by atoms with van der Waals surface area (Å²) in [5, 5.41) is -0.378.